The predicted molar refractivity (Wildman–Crippen MR) is 143 cm³/mol. The van der Waals surface area contributed by atoms with Crippen LogP contribution < -0.4 is 4.72 Å². The van der Waals surface area contributed by atoms with Gasteiger partial charge in [0, 0.05) is 62.9 Å². The van der Waals surface area contributed by atoms with E-state index in [1.807, 2.05) is 18.2 Å². The number of ether oxygens (including phenoxy) is 1. The summed E-state index contributed by atoms with van der Waals surface area (Å²) in [5.74, 6) is -0.378. The Balaban J connectivity index is 1.52. The van der Waals surface area contributed by atoms with Crippen LogP contribution in [0.1, 0.15) is 34.7 Å². The Hall–Kier alpha value is -2.98. The van der Waals surface area contributed by atoms with Gasteiger partial charge in [-0.3, -0.25) is 4.90 Å². The SMILES string of the molecule is COC(=O)C=Cc1ccc2c(c1)CCC2N(CCNS(=O)(=O)N(C)C)CCc1c[nH]c2ccccc12. The number of aryl methyl sites for hydroxylation is 1. The second kappa shape index (κ2) is 11.4. The molecule has 0 saturated heterocycles. The van der Waals surface area contributed by atoms with E-state index in [2.05, 4.69) is 49.8 Å². The number of carbonyl (C=O) groups excluding carboxylic acids is 1. The van der Waals surface area contributed by atoms with E-state index in [1.54, 1.807) is 6.08 Å². The molecule has 0 bridgehead atoms. The third-order valence-electron chi connectivity index (χ3n) is 6.77. The van der Waals surface area contributed by atoms with Gasteiger partial charge in [-0.25, -0.2) is 9.52 Å². The highest BCUT2D eigenvalue weighted by atomic mass is 32.2. The van der Waals surface area contributed by atoms with Crippen molar-refractivity contribution in [1.82, 2.24) is 18.9 Å². The van der Waals surface area contributed by atoms with E-state index in [0.717, 1.165) is 36.9 Å². The molecule has 1 heterocycles. The van der Waals surface area contributed by atoms with E-state index < -0.39 is 10.2 Å². The fourth-order valence-electron chi connectivity index (χ4n) is 4.80. The van der Waals surface area contributed by atoms with Crippen molar-refractivity contribution in [2.75, 3.05) is 40.8 Å². The Bertz CT molecular complexity index is 1350. The molecule has 0 radical (unpaired) electrons. The first-order valence-electron chi connectivity index (χ1n) is 12.1. The number of hydrogen-bond donors (Lipinski definition) is 2. The van der Waals surface area contributed by atoms with Gasteiger partial charge in [0.1, 0.15) is 0 Å². The van der Waals surface area contributed by atoms with Crippen LogP contribution in [0.3, 0.4) is 0 Å². The van der Waals surface area contributed by atoms with Crippen molar-refractivity contribution in [3.8, 4) is 0 Å². The summed E-state index contributed by atoms with van der Waals surface area (Å²) in [5, 5.41) is 1.22. The zero-order chi connectivity index (χ0) is 25.7. The van der Waals surface area contributed by atoms with Crippen LogP contribution in [-0.2, 0) is 32.6 Å². The van der Waals surface area contributed by atoms with Gasteiger partial charge in [-0.15, -0.1) is 0 Å². The zero-order valence-corrected chi connectivity index (χ0v) is 21.8. The maximum atomic E-state index is 12.2. The summed E-state index contributed by atoms with van der Waals surface area (Å²) in [7, 11) is 0.933. The number of nitrogens with one attached hydrogen (secondary N) is 2. The van der Waals surface area contributed by atoms with Crippen molar-refractivity contribution in [1.29, 1.82) is 0 Å². The van der Waals surface area contributed by atoms with Crippen molar-refractivity contribution in [3.63, 3.8) is 0 Å². The van der Waals surface area contributed by atoms with Crippen LogP contribution in [0.15, 0.2) is 54.7 Å². The number of benzene rings is 2. The molecule has 1 aromatic heterocycles. The third kappa shape index (κ3) is 6.04. The van der Waals surface area contributed by atoms with Gasteiger partial charge in [-0.2, -0.15) is 12.7 Å². The minimum atomic E-state index is -3.48. The summed E-state index contributed by atoms with van der Waals surface area (Å²) in [6.07, 6.45) is 8.03. The van der Waals surface area contributed by atoms with Crippen LogP contribution >= 0.6 is 0 Å². The van der Waals surface area contributed by atoms with E-state index in [9.17, 15) is 13.2 Å². The minimum absolute atomic E-state index is 0.202. The second-order valence-electron chi connectivity index (χ2n) is 9.20. The Morgan fingerprint density at radius 1 is 1.19 bits per heavy atom. The number of methoxy groups -OCH3 is 1. The fourth-order valence-corrected chi connectivity index (χ4v) is 5.41. The highest BCUT2D eigenvalue weighted by Crippen LogP contribution is 2.36. The van der Waals surface area contributed by atoms with Gasteiger partial charge in [-0.05, 0) is 53.7 Å². The molecule has 1 atom stereocenters. The molecule has 3 aromatic rings. The highest BCUT2D eigenvalue weighted by Gasteiger charge is 2.28. The van der Waals surface area contributed by atoms with Crippen LogP contribution in [0.5, 0.6) is 0 Å². The Kier molecular flexibility index (Phi) is 8.25. The van der Waals surface area contributed by atoms with Gasteiger partial charge >= 0.3 is 5.97 Å². The Labute approximate surface area is 213 Å². The highest BCUT2D eigenvalue weighted by molar-refractivity contribution is 7.87. The smallest absolute Gasteiger partial charge is 0.330 e. The lowest BCUT2D eigenvalue weighted by Crippen LogP contribution is -2.41. The third-order valence-corrected chi connectivity index (χ3v) is 8.30. The molecular weight excluding hydrogens is 476 g/mol. The molecule has 36 heavy (non-hydrogen) atoms. The second-order valence-corrected chi connectivity index (χ2v) is 11.2. The molecule has 1 aliphatic carbocycles. The van der Waals surface area contributed by atoms with Gasteiger partial charge in [-0.1, -0.05) is 36.4 Å². The van der Waals surface area contributed by atoms with Crippen LogP contribution in [0.2, 0.25) is 0 Å². The van der Waals surface area contributed by atoms with E-state index in [4.69, 9.17) is 0 Å². The lowest BCUT2D eigenvalue weighted by Gasteiger charge is -2.30. The summed E-state index contributed by atoms with van der Waals surface area (Å²) >= 11 is 0. The zero-order valence-electron chi connectivity index (χ0n) is 21.0. The van der Waals surface area contributed by atoms with Crippen molar-refractivity contribution < 1.29 is 17.9 Å². The number of H-pyrrole nitrogens is 1. The van der Waals surface area contributed by atoms with Crippen LogP contribution in [0.4, 0.5) is 0 Å². The number of hydrogen-bond acceptors (Lipinski definition) is 5. The van der Waals surface area contributed by atoms with Gasteiger partial charge in [0.05, 0.1) is 7.11 Å². The van der Waals surface area contributed by atoms with Gasteiger partial charge in [0.25, 0.3) is 10.2 Å². The average Bonchev–Trinajstić information content (AvgIpc) is 3.48. The molecule has 1 unspecified atom stereocenters. The molecule has 9 heteroatoms. The number of fused-ring (bicyclic) bond motifs is 2. The number of esters is 1. The molecule has 8 nitrogen and oxygen atoms in total. The van der Waals surface area contributed by atoms with Crippen LogP contribution in [0.25, 0.3) is 17.0 Å². The minimum Gasteiger partial charge on any atom is -0.466 e. The lowest BCUT2D eigenvalue weighted by atomic mass is 10.0. The first kappa shape index (κ1) is 26.1. The molecule has 0 saturated carbocycles. The summed E-state index contributed by atoms with van der Waals surface area (Å²) in [4.78, 5) is 17.2. The maximum Gasteiger partial charge on any atom is 0.330 e. The quantitative estimate of drug-likeness (QED) is 0.305. The molecular formula is C27H34N4O4S. The maximum absolute atomic E-state index is 12.2. The van der Waals surface area contributed by atoms with E-state index in [-0.39, 0.29) is 12.0 Å². The van der Waals surface area contributed by atoms with E-state index >= 15 is 0 Å². The van der Waals surface area contributed by atoms with Crippen LogP contribution in [0, 0.1) is 0 Å². The van der Waals surface area contributed by atoms with E-state index in [0.29, 0.717) is 13.1 Å². The summed E-state index contributed by atoms with van der Waals surface area (Å²) < 4.78 is 33.1. The Morgan fingerprint density at radius 2 is 2.00 bits per heavy atom. The monoisotopic (exact) mass is 510 g/mol. The summed E-state index contributed by atoms with van der Waals surface area (Å²) in [6.45, 7) is 1.74. The fraction of sp³-hybridized carbons (Fsp3) is 0.370. The Morgan fingerprint density at radius 3 is 2.78 bits per heavy atom. The van der Waals surface area contributed by atoms with Gasteiger partial charge in [0.15, 0.2) is 0 Å². The number of aromatic nitrogens is 1. The molecule has 1 aliphatic rings. The molecule has 0 aliphatic heterocycles. The lowest BCUT2D eigenvalue weighted by molar-refractivity contribution is -0.134. The summed E-state index contributed by atoms with van der Waals surface area (Å²) in [5.41, 5.74) is 5.86. The first-order chi connectivity index (χ1) is 17.3. The topological polar surface area (TPSA) is 94.7 Å². The van der Waals surface area contributed by atoms with Crippen LogP contribution in [-0.4, -0.2) is 69.4 Å². The number of rotatable bonds is 11. The summed E-state index contributed by atoms with van der Waals surface area (Å²) in [6, 6.07) is 14.8. The molecule has 4 rings (SSSR count). The largest absolute Gasteiger partial charge is 0.466 e. The molecule has 0 amide bonds. The first-order valence-corrected chi connectivity index (χ1v) is 13.6. The van der Waals surface area contributed by atoms with E-state index in [1.165, 1.54) is 53.7 Å². The molecule has 0 fully saturated rings. The van der Waals surface area contributed by atoms with Gasteiger partial charge < -0.3 is 9.72 Å². The molecule has 0 spiro atoms. The van der Waals surface area contributed by atoms with Crippen molar-refractivity contribution in [3.05, 3.63) is 77.0 Å². The average molecular weight is 511 g/mol. The molecule has 2 aromatic carbocycles. The number of aromatic amines is 1. The number of carbonyl (C=O) groups is 1. The standard InChI is InChI=1S/C27H34N4O4S/c1-30(2)36(33,34)29-15-17-31(16-14-22-19-28-25-7-5-4-6-23(22)25)26-12-10-21-18-20(8-11-24(21)26)9-13-27(32)35-3/h4-9,11,13,18-19,26,28-29H,10,12,14-17H2,1-3H3. The van der Waals surface area contributed by atoms with Gasteiger partial charge in [0.2, 0.25) is 0 Å². The van der Waals surface area contributed by atoms with Crippen molar-refractivity contribution >= 4 is 33.2 Å². The molecule has 2 N–H and O–H groups in total. The normalized spacial score (nSPS) is 15.9. The predicted octanol–water partition coefficient (Wildman–Crippen LogP) is 3.28. The van der Waals surface area contributed by atoms with Crippen molar-refractivity contribution in [2.45, 2.75) is 25.3 Å². The number of nitrogens with zero attached hydrogens (tertiary/aromatic N) is 2. The molecule has 192 valence electrons. The number of para-hydroxylation sites is 1. The van der Waals surface area contributed by atoms with Crippen molar-refractivity contribution in [2.24, 2.45) is 0 Å².